The van der Waals surface area contributed by atoms with Crippen molar-refractivity contribution < 1.29 is 9.84 Å². The van der Waals surface area contributed by atoms with Gasteiger partial charge in [-0.25, -0.2) is 0 Å². The summed E-state index contributed by atoms with van der Waals surface area (Å²) in [6.07, 6.45) is 9.68. The van der Waals surface area contributed by atoms with E-state index in [0.29, 0.717) is 12.0 Å². The lowest BCUT2D eigenvalue weighted by Gasteiger charge is -2.56. The van der Waals surface area contributed by atoms with Crippen molar-refractivity contribution in [2.75, 3.05) is 32.8 Å². The van der Waals surface area contributed by atoms with Crippen LogP contribution in [0.25, 0.3) is 0 Å². The van der Waals surface area contributed by atoms with Gasteiger partial charge < -0.3 is 14.7 Å². The molecule has 0 aromatic carbocycles. The molecule has 24 heavy (non-hydrogen) atoms. The van der Waals surface area contributed by atoms with Gasteiger partial charge in [-0.2, -0.15) is 0 Å². The number of piperidine rings is 1. The van der Waals surface area contributed by atoms with Crippen LogP contribution in [0.1, 0.15) is 58.8 Å². The van der Waals surface area contributed by atoms with E-state index in [2.05, 4.69) is 18.7 Å². The van der Waals surface area contributed by atoms with E-state index in [4.69, 9.17) is 4.74 Å². The summed E-state index contributed by atoms with van der Waals surface area (Å²) in [4.78, 5) is 2.44. The van der Waals surface area contributed by atoms with E-state index in [1.807, 2.05) is 0 Å². The number of nitrogens with zero attached hydrogens (tertiary/aromatic N) is 1. The molecule has 0 aromatic heterocycles. The molecule has 0 unspecified atom stereocenters. The van der Waals surface area contributed by atoms with Crippen LogP contribution in [0.15, 0.2) is 0 Å². The second-order valence-corrected chi connectivity index (χ2v) is 10.3. The van der Waals surface area contributed by atoms with Gasteiger partial charge in [-0.05, 0) is 80.0 Å². The average Bonchev–Trinajstić information content (AvgIpc) is 2.44. The van der Waals surface area contributed by atoms with Crippen LogP contribution in [0.2, 0.25) is 0 Å². The maximum atomic E-state index is 10.4. The van der Waals surface area contributed by atoms with Crippen LogP contribution in [0.3, 0.4) is 0 Å². The van der Waals surface area contributed by atoms with Gasteiger partial charge >= 0.3 is 0 Å². The Kier molecular flexibility index (Phi) is 4.96. The Hall–Kier alpha value is -0.120. The second-order valence-electron chi connectivity index (χ2n) is 10.3. The van der Waals surface area contributed by atoms with Crippen LogP contribution in [-0.2, 0) is 4.74 Å². The topological polar surface area (TPSA) is 32.7 Å². The zero-order valence-electron chi connectivity index (χ0n) is 15.8. The highest BCUT2D eigenvalue weighted by atomic mass is 16.5. The summed E-state index contributed by atoms with van der Waals surface area (Å²) in [6, 6.07) is 0. The van der Waals surface area contributed by atoms with Crippen molar-refractivity contribution >= 4 is 0 Å². The number of ether oxygens (including phenoxy) is 1. The lowest BCUT2D eigenvalue weighted by molar-refractivity contribution is -0.107. The molecule has 3 atom stereocenters. The minimum atomic E-state index is -0.323. The van der Waals surface area contributed by atoms with Gasteiger partial charge in [-0.1, -0.05) is 13.8 Å². The lowest BCUT2D eigenvalue weighted by Crippen LogP contribution is -2.48. The molecular weight excluding hydrogens is 298 g/mol. The molecule has 0 spiro atoms. The van der Waals surface area contributed by atoms with Gasteiger partial charge in [-0.3, -0.25) is 0 Å². The number of rotatable bonds is 6. The van der Waals surface area contributed by atoms with Crippen LogP contribution in [0, 0.1) is 35.0 Å². The SMILES string of the molecule is C[C@@H]1C[C@H](C)CN(C[C@@H](O)COCC23CC4CC(CC(C4)C2)C3)C1. The summed E-state index contributed by atoms with van der Waals surface area (Å²) in [5.74, 6) is 4.48. The van der Waals surface area contributed by atoms with Crippen LogP contribution in [0.5, 0.6) is 0 Å². The van der Waals surface area contributed by atoms with Crippen molar-refractivity contribution in [3.8, 4) is 0 Å². The van der Waals surface area contributed by atoms with Gasteiger partial charge in [0.15, 0.2) is 0 Å². The third-order valence-electron chi connectivity index (χ3n) is 7.30. The molecule has 138 valence electrons. The zero-order chi connectivity index (χ0) is 16.7. The first-order valence-electron chi connectivity index (χ1n) is 10.5. The molecule has 1 saturated heterocycles. The van der Waals surface area contributed by atoms with Crippen LogP contribution < -0.4 is 0 Å². The minimum Gasteiger partial charge on any atom is -0.389 e. The van der Waals surface area contributed by atoms with E-state index < -0.39 is 0 Å². The zero-order valence-corrected chi connectivity index (χ0v) is 15.8. The van der Waals surface area contributed by atoms with Gasteiger partial charge in [0, 0.05) is 19.6 Å². The first kappa shape index (κ1) is 17.3. The van der Waals surface area contributed by atoms with Crippen molar-refractivity contribution in [2.45, 2.75) is 64.9 Å². The fourth-order valence-corrected chi connectivity index (χ4v) is 7.17. The Balaban J connectivity index is 1.21. The van der Waals surface area contributed by atoms with Gasteiger partial charge in [-0.15, -0.1) is 0 Å². The fourth-order valence-electron chi connectivity index (χ4n) is 7.17. The Bertz CT molecular complexity index is 392. The van der Waals surface area contributed by atoms with E-state index in [9.17, 15) is 5.11 Å². The molecule has 4 bridgehead atoms. The largest absolute Gasteiger partial charge is 0.389 e. The lowest BCUT2D eigenvalue weighted by atomic mass is 9.50. The van der Waals surface area contributed by atoms with Gasteiger partial charge in [0.1, 0.15) is 0 Å². The molecular formula is C21H37NO2. The third kappa shape index (κ3) is 3.83. The van der Waals surface area contributed by atoms with E-state index in [0.717, 1.165) is 55.8 Å². The number of β-amino-alcohol motifs (C(OH)–C–C–N with tert-alkyl or cyclic N) is 1. The average molecular weight is 336 g/mol. The first-order valence-corrected chi connectivity index (χ1v) is 10.5. The molecule has 5 rings (SSSR count). The van der Waals surface area contributed by atoms with Crippen molar-refractivity contribution in [2.24, 2.45) is 35.0 Å². The molecule has 1 aliphatic heterocycles. The van der Waals surface area contributed by atoms with E-state index in [-0.39, 0.29) is 6.10 Å². The maximum Gasteiger partial charge on any atom is 0.0900 e. The van der Waals surface area contributed by atoms with E-state index >= 15 is 0 Å². The van der Waals surface area contributed by atoms with Crippen LogP contribution in [0.4, 0.5) is 0 Å². The highest BCUT2D eigenvalue weighted by molar-refractivity contribution is 5.01. The highest BCUT2D eigenvalue weighted by Gasteiger charge is 2.50. The monoisotopic (exact) mass is 335 g/mol. The van der Waals surface area contributed by atoms with E-state index in [1.165, 1.54) is 44.9 Å². The van der Waals surface area contributed by atoms with Crippen molar-refractivity contribution in [1.82, 2.24) is 4.90 Å². The molecule has 1 heterocycles. The number of hydrogen-bond donors (Lipinski definition) is 1. The third-order valence-corrected chi connectivity index (χ3v) is 7.30. The molecule has 3 heteroatoms. The standard InChI is InChI=1S/C21H37NO2/c1-15-3-16(2)11-22(10-15)12-20(23)13-24-14-21-7-17-4-18(8-21)6-19(5-17)9-21/h15-20,23H,3-14H2,1-2H3/t15-,16+,17?,18?,19?,20-,21?/m1/s1. The first-order chi connectivity index (χ1) is 11.5. The number of aliphatic hydroxyl groups is 1. The fraction of sp³-hybridized carbons (Fsp3) is 1.00. The molecule has 1 N–H and O–H groups in total. The summed E-state index contributed by atoms with van der Waals surface area (Å²) in [5, 5.41) is 10.4. The molecule has 4 aliphatic carbocycles. The molecule has 0 aromatic rings. The Morgan fingerprint density at radius 3 is 2.04 bits per heavy atom. The predicted molar refractivity (Wildman–Crippen MR) is 96.8 cm³/mol. The molecule has 0 radical (unpaired) electrons. The maximum absolute atomic E-state index is 10.4. The summed E-state index contributed by atoms with van der Waals surface area (Å²) in [7, 11) is 0. The normalized spacial score (nSPS) is 46.4. The summed E-state index contributed by atoms with van der Waals surface area (Å²) in [6.45, 7) is 9.15. The van der Waals surface area contributed by atoms with Gasteiger partial charge in [0.25, 0.3) is 0 Å². The Morgan fingerprint density at radius 1 is 0.958 bits per heavy atom. The smallest absolute Gasteiger partial charge is 0.0900 e. The van der Waals surface area contributed by atoms with E-state index in [1.54, 1.807) is 0 Å². The molecule has 5 fully saturated rings. The number of likely N-dealkylation sites (tertiary alicyclic amines) is 1. The summed E-state index contributed by atoms with van der Waals surface area (Å²) >= 11 is 0. The Morgan fingerprint density at radius 2 is 1.50 bits per heavy atom. The van der Waals surface area contributed by atoms with Crippen molar-refractivity contribution in [1.29, 1.82) is 0 Å². The van der Waals surface area contributed by atoms with Crippen molar-refractivity contribution in [3.63, 3.8) is 0 Å². The quantitative estimate of drug-likeness (QED) is 0.805. The second kappa shape index (κ2) is 6.89. The molecule has 4 saturated carbocycles. The summed E-state index contributed by atoms with van der Waals surface area (Å²) < 4.78 is 6.10. The minimum absolute atomic E-state index is 0.323. The molecule has 3 nitrogen and oxygen atoms in total. The Labute approximate surface area is 148 Å². The highest BCUT2D eigenvalue weighted by Crippen LogP contribution is 2.60. The number of hydrogen-bond acceptors (Lipinski definition) is 3. The number of aliphatic hydroxyl groups excluding tert-OH is 1. The summed E-state index contributed by atoms with van der Waals surface area (Å²) in [5.41, 5.74) is 0.475. The molecule has 5 aliphatic rings. The van der Waals surface area contributed by atoms with Gasteiger partial charge in [0.2, 0.25) is 0 Å². The molecule has 0 amide bonds. The predicted octanol–water partition coefficient (Wildman–Crippen LogP) is 3.56. The van der Waals surface area contributed by atoms with Crippen molar-refractivity contribution in [3.05, 3.63) is 0 Å². The van der Waals surface area contributed by atoms with Crippen LogP contribution in [-0.4, -0.2) is 49.0 Å². The van der Waals surface area contributed by atoms with Gasteiger partial charge in [0.05, 0.1) is 19.3 Å². The van der Waals surface area contributed by atoms with Crippen LogP contribution >= 0.6 is 0 Å².